The lowest BCUT2D eigenvalue weighted by Gasteiger charge is -2.22. The van der Waals surface area contributed by atoms with Crippen LogP contribution in [0.2, 0.25) is 0 Å². The molecule has 0 bridgehead atoms. The van der Waals surface area contributed by atoms with Crippen molar-refractivity contribution >= 4 is 11.5 Å². The topological polar surface area (TPSA) is 43.3 Å². The molecule has 1 aliphatic rings. The van der Waals surface area contributed by atoms with Crippen LogP contribution in [0.3, 0.4) is 0 Å². The van der Waals surface area contributed by atoms with Gasteiger partial charge in [-0.3, -0.25) is 4.40 Å². The smallest absolute Gasteiger partial charge is 0.142 e. The highest BCUT2D eigenvalue weighted by atomic mass is 19.1. The molecule has 3 nitrogen and oxygen atoms in total. The quantitative estimate of drug-likeness (QED) is 0.741. The molecule has 3 aromatic rings. The lowest BCUT2D eigenvalue weighted by molar-refractivity contribution is 0.444. The number of pyridine rings is 1. The second-order valence-electron chi connectivity index (χ2n) is 6.34. The van der Waals surface area contributed by atoms with Crippen molar-refractivity contribution in [1.82, 2.24) is 9.38 Å². The van der Waals surface area contributed by atoms with Crippen molar-refractivity contribution in [2.75, 3.05) is 5.73 Å². The second kappa shape index (κ2) is 5.69. The van der Waals surface area contributed by atoms with Crippen molar-refractivity contribution in [3.05, 3.63) is 54.0 Å². The Morgan fingerprint density at radius 2 is 1.78 bits per heavy atom. The summed E-state index contributed by atoms with van der Waals surface area (Å²) in [7, 11) is 0. The molecular formula is C19H20FN3. The van der Waals surface area contributed by atoms with Crippen LogP contribution < -0.4 is 5.73 Å². The molecule has 23 heavy (non-hydrogen) atoms. The maximum Gasteiger partial charge on any atom is 0.142 e. The van der Waals surface area contributed by atoms with Crippen molar-refractivity contribution in [3.8, 4) is 11.3 Å². The molecule has 0 atom stereocenters. The minimum atomic E-state index is -0.251. The van der Waals surface area contributed by atoms with E-state index in [0.717, 1.165) is 16.9 Å². The van der Waals surface area contributed by atoms with Crippen molar-refractivity contribution < 1.29 is 4.39 Å². The summed E-state index contributed by atoms with van der Waals surface area (Å²) in [6.45, 7) is 0. The lowest BCUT2D eigenvalue weighted by atomic mass is 9.84. The molecule has 1 fully saturated rings. The molecule has 0 aliphatic heterocycles. The zero-order valence-corrected chi connectivity index (χ0v) is 13.0. The third-order valence-corrected chi connectivity index (χ3v) is 4.88. The summed E-state index contributed by atoms with van der Waals surface area (Å²) < 4.78 is 15.1. The van der Waals surface area contributed by atoms with E-state index >= 15 is 0 Å². The van der Waals surface area contributed by atoms with Gasteiger partial charge in [0.15, 0.2) is 0 Å². The number of rotatable bonds is 2. The average Bonchev–Trinajstić information content (AvgIpc) is 2.93. The van der Waals surface area contributed by atoms with Crippen LogP contribution in [-0.4, -0.2) is 9.38 Å². The number of aromatic nitrogens is 2. The van der Waals surface area contributed by atoms with E-state index < -0.39 is 0 Å². The summed E-state index contributed by atoms with van der Waals surface area (Å²) in [5.41, 5.74) is 10.1. The van der Waals surface area contributed by atoms with E-state index in [1.54, 1.807) is 12.1 Å². The molecule has 2 aromatic heterocycles. The molecule has 118 valence electrons. The fourth-order valence-electron chi connectivity index (χ4n) is 3.66. The van der Waals surface area contributed by atoms with E-state index in [9.17, 15) is 4.39 Å². The number of halogens is 1. The Balaban J connectivity index is 1.85. The van der Waals surface area contributed by atoms with Gasteiger partial charge < -0.3 is 5.73 Å². The summed E-state index contributed by atoms with van der Waals surface area (Å²) in [4.78, 5) is 4.80. The largest absolute Gasteiger partial charge is 0.383 e. The van der Waals surface area contributed by atoms with Crippen LogP contribution >= 0.6 is 0 Å². The van der Waals surface area contributed by atoms with Crippen LogP contribution in [0.1, 0.15) is 43.6 Å². The predicted molar refractivity (Wildman–Crippen MR) is 90.8 cm³/mol. The Kier molecular flexibility index (Phi) is 3.52. The van der Waals surface area contributed by atoms with E-state index in [2.05, 4.69) is 6.07 Å². The Morgan fingerprint density at radius 3 is 2.52 bits per heavy atom. The Hall–Kier alpha value is -2.36. The number of benzene rings is 1. The molecule has 4 rings (SSSR count). The molecule has 0 unspecified atom stereocenters. The summed E-state index contributed by atoms with van der Waals surface area (Å²) in [5, 5.41) is 0. The van der Waals surface area contributed by atoms with Gasteiger partial charge >= 0.3 is 0 Å². The summed E-state index contributed by atoms with van der Waals surface area (Å²) in [6, 6.07) is 10.6. The summed E-state index contributed by atoms with van der Waals surface area (Å²) in [6.07, 6.45) is 8.30. The fraction of sp³-hybridized carbons (Fsp3) is 0.316. The SMILES string of the molecule is Nc1c(-c2ccc(F)cc2)nc2c(C3CCCCC3)cccn12. The van der Waals surface area contributed by atoms with Gasteiger partial charge in [0, 0.05) is 11.8 Å². The molecule has 4 heteroatoms. The van der Waals surface area contributed by atoms with Gasteiger partial charge in [-0.15, -0.1) is 0 Å². The fourth-order valence-corrected chi connectivity index (χ4v) is 3.66. The number of nitrogens with zero attached hydrogens (tertiary/aromatic N) is 2. The number of imidazole rings is 1. The molecule has 0 saturated heterocycles. The van der Waals surface area contributed by atoms with E-state index in [4.69, 9.17) is 10.7 Å². The van der Waals surface area contributed by atoms with E-state index in [1.165, 1.54) is 49.8 Å². The van der Waals surface area contributed by atoms with Crippen molar-refractivity contribution in [2.45, 2.75) is 38.0 Å². The highest BCUT2D eigenvalue weighted by molar-refractivity contribution is 5.76. The van der Waals surface area contributed by atoms with E-state index in [-0.39, 0.29) is 5.82 Å². The van der Waals surface area contributed by atoms with Crippen LogP contribution in [0, 0.1) is 5.82 Å². The van der Waals surface area contributed by atoms with Gasteiger partial charge in [0.05, 0.1) is 0 Å². The normalized spacial score (nSPS) is 16.0. The van der Waals surface area contributed by atoms with Gasteiger partial charge in [-0.25, -0.2) is 9.37 Å². The Bertz CT molecular complexity index is 830. The van der Waals surface area contributed by atoms with Crippen LogP contribution in [0.4, 0.5) is 10.2 Å². The van der Waals surface area contributed by atoms with Gasteiger partial charge in [0.1, 0.15) is 23.0 Å². The van der Waals surface area contributed by atoms with Crippen LogP contribution in [0.15, 0.2) is 42.6 Å². The van der Waals surface area contributed by atoms with E-state index in [0.29, 0.717) is 11.7 Å². The van der Waals surface area contributed by atoms with Crippen molar-refractivity contribution in [3.63, 3.8) is 0 Å². The zero-order chi connectivity index (χ0) is 15.8. The zero-order valence-electron chi connectivity index (χ0n) is 13.0. The van der Waals surface area contributed by atoms with Gasteiger partial charge in [0.25, 0.3) is 0 Å². The molecular weight excluding hydrogens is 289 g/mol. The molecule has 0 amide bonds. The third-order valence-electron chi connectivity index (χ3n) is 4.88. The summed E-state index contributed by atoms with van der Waals surface area (Å²) >= 11 is 0. The molecule has 2 N–H and O–H groups in total. The average molecular weight is 309 g/mol. The maximum atomic E-state index is 13.2. The lowest BCUT2D eigenvalue weighted by Crippen LogP contribution is -2.06. The minimum absolute atomic E-state index is 0.251. The van der Waals surface area contributed by atoms with Crippen LogP contribution in [0.25, 0.3) is 16.9 Å². The monoisotopic (exact) mass is 309 g/mol. The van der Waals surface area contributed by atoms with Crippen LogP contribution in [-0.2, 0) is 0 Å². The number of fused-ring (bicyclic) bond motifs is 1. The number of nitrogens with two attached hydrogens (primary N) is 1. The number of hydrogen-bond acceptors (Lipinski definition) is 2. The first kappa shape index (κ1) is 14.2. The molecule has 2 heterocycles. The number of anilines is 1. The molecule has 1 saturated carbocycles. The minimum Gasteiger partial charge on any atom is -0.383 e. The van der Waals surface area contributed by atoms with E-state index in [1.807, 2.05) is 16.7 Å². The second-order valence-corrected chi connectivity index (χ2v) is 6.34. The van der Waals surface area contributed by atoms with Crippen molar-refractivity contribution in [1.29, 1.82) is 0 Å². The highest BCUT2D eigenvalue weighted by Gasteiger charge is 2.21. The molecule has 1 aromatic carbocycles. The van der Waals surface area contributed by atoms with Crippen LogP contribution in [0.5, 0.6) is 0 Å². The Morgan fingerprint density at radius 1 is 1.04 bits per heavy atom. The predicted octanol–water partition coefficient (Wildman–Crippen LogP) is 4.77. The molecule has 0 radical (unpaired) electrons. The Labute approximate surface area is 135 Å². The first-order valence-corrected chi connectivity index (χ1v) is 8.26. The summed E-state index contributed by atoms with van der Waals surface area (Å²) in [5.74, 6) is 0.929. The van der Waals surface area contributed by atoms with Gasteiger partial charge in [-0.05, 0) is 54.7 Å². The first-order chi connectivity index (χ1) is 11.2. The number of hydrogen-bond donors (Lipinski definition) is 1. The first-order valence-electron chi connectivity index (χ1n) is 8.26. The standard InChI is InChI=1S/C19H20FN3/c20-15-10-8-14(9-11-15)17-18(21)23-12-4-7-16(19(23)22-17)13-5-2-1-3-6-13/h4,7-13H,1-3,5-6,21H2. The van der Waals surface area contributed by atoms with Gasteiger partial charge in [-0.2, -0.15) is 0 Å². The maximum absolute atomic E-state index is 13.2. The van der Waals surface area contributed by atoms with Gasteiger partial charge in [0.2, 0.25) is 0 Å². The number of nitrogen functional groups attached to an aromatic ring is 1. The van der Waals surface area contributed by atoms with Gasteiger partial charge in [-0.1, -0.05) is 25.3 Å². The molecule has 1 aliphatic carbocycles. The molecule has 0 spiro atoms. The highest BCUT2D eigenvalue weighted by Crippen LogP contribution is 2.36. The third kappa shape index (κ3) is 2.48. The van der Waals surface area contributed by atoms with Crippen molar-refractivity contribution in [2.24, 2.45) is 0 Å².